The largest absolute Gasteiger partial charge is 0.493 e. The lowest BCUT2D eigenvalue weighted by Crippen LogP contribution is -2.33. The predicted molar refractivity (Wildman–Crippen MR) is 98.9 cm³/mol. The van der Waals surface area contributed by atoms with Crippen molar-refractivity contribution in [2.75, 3.05) is 17.7 Å². The first kappa shape index (κ1) is 17.4. The molecule has 0 saturated carbocycles. The maximum absolute atomic E-state index is 12.3. The summed E-state index contributed by atoms with van der Waals surface area (Å²) in [6.07, 6.45) is 0.777. The molecular formula is C19H20N2O3S. The quantitative estimate of drug-likeness (QED) is 0.806. The maximum Gasteiger partial charge on any atom is 0.230 e. The van der Waals surface area contributed by atoms with Crippen LogP contribution < -0.4 is 15.4 Å². The predicted octanol–water partition coefficient (Wildman–Crippen LogP) is 3.38. The molecule has 0 spiro atoms. The molecule has 1 atom stereocenters. The fraction of sp³-hybridized carbons (Fsp3) is 0.263. The first-order valence-corrected chi connectivity index (χ1v) is 9.12. The number of anilines is 1. The van der Waals surface area contributed by atoms with Crippen LogP contribution >= 0.6 is 11.8 Å². The highest BCUT2D eigenvalue weighted by Gasteiger charge is 2.22. The molecule has 0 aromatic heterocycles. The number of nitrogens with one attached hydrogen (secondary N) is 2. The molecule has 0 aliphatic carbocycles. The van der Waals surface area contributed by atoms with Crippen LogP contribution in [0.5, 0.6) is 5.75 Å². The second-order valence-corrected chi connectivity index (χ2v) is 6.84. The molecule has 1 aliphatic rings. The van der Waals surface area contributed by atoms with Gasteiger partial charge in [0.1, 0.15) is 5.75 Å². The van der Waals surface area contributed by atoms with Crippen LogP contribution in [0, 0.1) is 0 Å². The standard InChI is InChI=1S/C19H20N2O3S/c1-13(22)20-14-6-8-15(9-7-14)25-12-19(23)21-17-10-11-24-18-5-3-2-4-16(17)18/h2-9,17H,10-12H2,1H3,(H,20,22)(H,21,23). The number of ether oxygens (including phenoxy) is 1. The second kappa shape index (κ2) is 8.07. The first-order chi connectivity index (χ1) is 12.1. The maximum atomic E-state index is 12.3. The van der Waals surface area contributed by atoms with E-state index in [2.05, 4.69) is 10.6 Å². The van der Waals surface area contributed by atoms with Crippen LogP contribution in [0.1, 0.15) is 24.9 Å². The van der Waals surface area contributed by atoms with Gasteiger partial charge in [0.15, 0.2) is 0 Å². The fourth-order valence-electron chi connectivity index (χ4n) is 2.71. The molecule has 0 radical (unpaired) electrons. The van der Waals surface area contributed by atoms with Crippen molar-refractivity contribution in [2.24, 2.45) is 0 Å². The monoisotopic (exact) mass is 356 g/mol. The minimum atomic E-state index is -0.100. The van der Waals surface area contributed by atoms with Gasteiger partial charge in [0, 0.05) is 29.5 Å². The number of hydrogen-bond donors (Lipinski definition) is 2. The van der Waals surface area contributed by atoms with Crippen molar-refractivity contribution in [1.82, 2.24) is 5.32 Å². The van der Waals surface area contributed by atoms with Crippen LogP contribution in [0.25, 0.3) is 0 Å². The third-order valence-corrected chi connectivity index (χ3v) is 4.85. The molecule has 6 heteroatoms. The Morgan fingerprint density at radius 3 is 2.68 bits per heavy atom. The zero-order valence-electron chi connectivity index (χ0n) is 14.0. The summed E-state index contributed by atoms with van der Waals surface area (Å²) in [5.41, 5.74) is 1.78. The summed E-state index contributed by atoms with van der Waals surface area (Å²) >= 11 is 1.47. The van der Waals surface area contributed by atoms with E-state index in [1.165, 1.54) is 18.7 Å². The first-order valence-electron chi connectivity index (χ1n) is 8.13. The molecule has 0 fully saturated rings. The minimum Gasteiger partial charge on any atom is -0.493 e. The highest BCUT2D eigenvalue weighted by atomic mass is 32.2. The highest BCUT2D eigenvalue weighted by molar-refractivity contribution is 8.00. The highest BCUT2D eigenvalue weighted by Crippen LogP contribution is 2.31. The third-order valence-electron chi connectivity index (χ3n) is 3.84. The SMILES string of the molecule is CC(=O)Nc1ccc(SCC(=O)NC2CCOc3ccccc32)cc1. The Kier molecular flexibility index (Phi) is 5.60. The molecule has 2 amide bonds. The van der Waals surface area contributed by atoms with Crippen LogP contribution in [-0.2, 0) is 9.59 Å². The van der Waals surface area contributed by atoms with Crippen LogP contribution in [0.3, 0.4) is 0 Å². The van der Waals surface area contributed by atoms with E-state index in [1.54, 1.807) is 0 Å². The van der Waals surface area contributed by atoms with Gasteiger partial charge < -0.3 is 15.4 Å². The number of hydrogen-bond acceptors (Lipinski definition) is 4. The van der Waals surface area contributed by atoms with E-state index in [0.29, 0.717) is 12.4 Å². The van der Waals surface area contributed by atoms with Crippen molar-refractivity contribution in [3.63, 3.8) is 0 Å². The molecule has 1 unspecified atom stereocenters. The summed E-state index contributed by atoms with van der Waals surface area (Å²) in [4.78, 5) is 24.3. The number of fused-ring (bicyclic) bond motifs is 1. The number of rotatable bonds is 5. The Balaban J connectivity index is 1.53. The molecule has 5 nitrogen and oxygen atoms in total. The third kappa shape index (κ3) is 4.76. The molecule has 0 bridgehead atoms. The van der Waals surface area contributed by atoms with Crippen molar-refractivity contribution in [2.45, 2.75) is 24.3 Å². The average molecular weight is 356 g/mol. The molecule has 1 heterocycles. The van der Waals surface area contributed by atoms with Crippen molar-refractivity contribution in [3.05, 3.63) is 54.1 Å². The minimum absolute atomic E-state index is 0.000178. The van der Waals surface area contributed by atoms with E-state index in [9.17, 15) is 9.59 Å². The number of benzene rings is 2. The van der Waals surface area contributed by atoms with E-state index in [0.717, 1.165) is 28.3 Å². The van der Waals surface area contributed by atoms with Crippen molar-refractivity contribution in [1.29, 1.82) is 0 Å². The number of amides is 2. The van der Waals surface area contributed by atoms with Crippen molar-refractivity contribution in [3.8, 4) is 5.75 Å². The Morgan fingerprint density at radius 1 is 1.16 bits per heavy atom. The fourth-order valence-corrected chi connectivity index (χ4v) is 3.42. The molecular weight excluding hydrogens is 336 g/mol. The van der Waals surface area contributed by atoms with Crippen LogP contribution in [0.2, 0.25) is 0 Å². The van der Waals surface area contributed by atoms with E-state index in [4.69, 9.17) is 4.74 Å². The zero-order chi connectivity index (χ0) is 17.6. The van der Waals surface area contributed by atoms with E-state index < -0.39 is 0 Å². The van der Waals surface area contributed by atoms with Gasteiger partial charge in [-0.15, -0.1) is 11.8 Å². The van der Waals surface area contributed by atoms with Gasteiger partial charge in [-0.2, -0.15) is 0 Å². The summed E-state index contributed by atoms with van der Waals surface area (Å²) in [7, 11) is 0. The Hall–Kier alpha value is -2.47. The lowest BCUT2D eigenvalue weighted by atomic mass is 10.0. The van der Waals surface area contributed by atoms with Gasteiger partial charge >= 0.3 is 0 Å². The number of carbonyl (C=O) groups excluding carboxylic acids is 2. The van der Waals surface area contributed by atoms with Crippen LogP contribution in [0.15, 0.2) is 53.4 Å². The smallest absolute Gasteiger partial charge is 0.230 e. The van der Waals surface area contributed by atoms with Gasteiger partial charge in [0.2, 0.25) is 11.8 Å². The van der Waals surface area contributed by atoms with E-state index in [1.807, 2.05) is 48.5 Å². The van der Waals surface area contributed by atoms with Crippen LogP contribution in [0.4, 0.5) is 5.69 Å². The molecule has 2 N–H and O–H groups in total. The normalized spacial score (nSPS) is 15.6. The van der Waals surface area contributed by atoms with Crippen molar-refractivity contribution < 1.29 is 14.3 Å². The average Bonchev–Trinajstić information content (AvgIpc) is 2.61. The topological polar surface area (TPSA) is 67.4 Å². The molecule has 25 heavy (non-hydrogen) atoms. The number of para-hydroxylation sites is 1. The van der Waals surface area contributed by atoms with Gasteiger partial charge in [0.25, 0.3) is 0 Å². The summed E-state index contributed by atoms with van der Waals surface area (Å²) in [5, 5.41) is 5.81. The molecule has 2 aromatic rings. The molecule has 1 aliphatic heterocycles. The molecule has 3 rings (SSSR count). The Bertz CT molecular complexity index is 762. The van der Waals surface area contributed by atoms with Gasteiger partial charge in [-0.25, -0.2) is 0 Å². The van der Waals surface area contributed by atoms with Crippen LogP contribution in [-0.4, -0.2) is 24.2 Å². The lowest BCUT2D eigenvalue weighted by molar-refractivity contribution is -0.119. The second-order valence-electron chi connectivity index (χ2n) is 5.79. The molecule has 130 valence electrons. The summed E-state index contributed by atoms with van der Waals surface area (Å²) in [6, 6.07) is 15.3. The Labute approximate surface area is 151 Å². The van der Waals surface area contributed by atoms with E-state index >= 15 is 0 Å². The summed E-state index contributed by atoms with van der Waals surface area (Å²) < 4.78 is 5.62. The van der Waals surface area contributed by atoms with Gasteiger partial charge in [0.05, 0.1) is 18.4 Å². The molecule has 0 saturated heterocycles. The summed E-state index contributed by atoms with van der Waals surface area (Å²) in [5.74, 6) is 1.09. The van der Waals surface area contributed by atoms with E-state index in [-0.39, 0.29) is 17.9 Å². The Morgan fingerprint density at radius 2 is 1.92 bits per heavy atom. The number of thioether (sulfide) groups is 1. The number of carbonyl (C=O) groups is 2. The van der Waals surface area contributed by atoms with Gasteiger partial charge in [-0.3, -0.25) is 9.59 Å². The zero-order valence-corrected chi connectivity index (χ0v) is 14.8. The summed E-state index contributed by atoms with van der Waals surface area (Å²) in [6.45, 7) is 2.08. The lowest BCUT2D eigenvalue weighted by Gasteiger charge is -2.26. The van der Waals surface area contributed by atoms with Crippen molar-refractivity contribution >= 4 is 29.3 Å². The van der Waals surface area contributed by atoms with Gasteiger partial charge in [-0.05, 0) is 30.3 Å². The van der Waals surface area contributed by atoms with Gasteiger partial charge in [-0.1, -0.05) is 18.2 Å². The molecule has 2 aromatic carbocycles.